The van der Waals surface area contributed by atoms with Gasteiger partial charge < -0.3 is 10.2 Å². The third-order valence-electron chi connectivity index (χ3n) is 5.49. The van der Waals surface area contributed by atoms with E-state index in [0.29, 0.717) is 19.5 Å². The van der Waals surface area contributed by atoms with Crippen molar-refractivity contribution in [2.45, 2.75) is 26.8 Å². The zero-order valence-corrected chi connectivity index (χ0v) is 17.3. The predicted molar refractivity (Wildman–Crippen MR) is 116 cm³/mol. The van der Waals surface area contributed by atoms with E-state index in [-0.39, 0.29) is 5.91 Å². The molecule has 1 saturated heterocycles. The number of piperazine rings is 1. The van der Waals surface area contributed by atoms with Crippen LogP contribution >= 0.6 is 0 Å². The first kappa shape index (κ1) is 20.9. The van der Waals surface area contributed by atoms with Gasteiger partial charge in [0.25, 0.3) is 0 Å². The molecule has 6 nitrogen and oxygen atoms in total. The lowest BCUT2D eigenvalue weighted by atomic mass is 10.1. The van der Waals surface area contributed by atoms with Crippen molar-refractivity contribution in [3.8, 4) is 0 Å². The molecule has 29 heavy (non-hydrogen) atoms. The summed E-state index contributed by atoms with van der Waals surface area (Å²) < 4.78 is 0. The van der Waals surface area contributed by atoms with Crippen molar-refractivity contribution in [2.24, 2.45) is 0 Å². The molecule has 0 bridgehead atoms. The zero-order valence-electron chi connectivity index (χ0n) is 17.3. The Morgan fingerprint density at radius 1 is 0.931 bits per heavy atom. The minimum absolute atomic E-state index is 0.243. The van der Waals surface area contributed by atoms with Crippen LogP contribution in [0.3, 0.4) is 0 Å². The Balaban J connectivity index is 1.36. The highest BCUT2D eigenvalue weighted by Crippen LogP contribution is 2.23. The normalized spacial score (nSPS) is 14.5. The highest BCUT2D eigenvalue weighted by molar-refractivity contribution is 5.94. The van der Waals surface area contributed by atoms with E-state index < -0.39 is 6.03 Å². The molecule has 0 spiro atoms. The van der Waals surface area contributed by atoms with E-state index in [1.54, 1.807) is 0 Å². The van der Waals surface area contributed by atoms with Gasteiger partial charge in [0.15, 0.2) is 0 Å². The molecule has 154 valence electrons. The molecule has 0 atom stereocenters. The maximum Gasteiger partial charge on any atom is 0.321 e. The number of hydrogen-bond donors (Lipinski definition) is 2. The average Bonchev–Trinajstić information content (AvgIpc) is 2.74. The molecular weight excluding hydrogens is 364 g/mol. The second kappa shape index (κ2) is 10.1. The van der Waals surface area contributed by atoms with E-state index in [0.717, 1.165) is 31.7 Å². The van der Waals surface area contributed by atoms with E-state index >= 15 is 0 Å². The summed E-state index contributed by atoms with van der Waals surface area (Å²) >= 11 is 0. The maximum absolute atomic E-state index is 12.1. The van der Waals surface area contributed by atoms with Crippen molar-refractivity contribution in [1.82, 2.24) is 15.5 Å². The largest absolute Gasteiger partial charge is 0.369 e. The maximum atomic E-state index is 12.1. The van der Waals surface area contributed by atoms with Crippen LogP contribution in [-0.4, -0.2) is 49.6 Å². The smallest absolute Gasteiger partial charge is 0.321 e. The summed E-state index contributed by atoms with van der Waals surface area (Å²) in [5, 5.41) is 5.12. The fourth-order valence-corrected chi connectivity index (χ4v) is 3.56. The third kappa shape index (κ3) is 6.06. The molecule has 6 heteroatoms. The lowest BCUT2D eigenvalue weighted by Crippen LogP contribution is -2.48. The minimum atomic E-state index is -0.446. The van der Waals surface area contributed by atoms with Crippen molar-refractivity contribution < 1.29 is 9.59 Å². The fourth-order valence-electron chi connectivity index (χ4n) is 3.56. The second-order valence-electron chi connectivity index (χ2n) is 7.51. The summed E-state index contributed by atoms with van der Waals surface area (Å²) in [6.07, 6.45) is 0.322. The van der Waals surface area contributed by atoms with Crippen LogP contribution in [0, 0.1) is 13.8 Å². The Morgan fingerprint density at radius 2 is 1.66 bits per heavy atom. The number of aryl methyl sites for hydroxylation is 1. The Kier molecular flexibility index (Phi) is 7.25. The third-order valence-corrected chi connectivity index (χ3v) is 5.49. The number of benzene rings is 2. The molecule has 3 rings (SSSR count). The summed E-state index contributed by atoms with van der Waals surface area (Å²) in [6, 6.07) is 15.6. The Labute approximate surface area is 172 Å². The Bertz CT molecular complexity index is 830. The molecule has 2 aromatic rings. The van der Waals surface area contributed by atoms with Gasteiger partial charge in [-0.25, -0.2) is 4.79 Å². The van der Waals surface area contributed by atoms with Gasteiger partial charge >= 0.3 is 6.03 Å². The SMILES string of the molecule is Cc1cccc(N2CCN(CCC(=O)NC(=O)NCc3ccccc3)CC2)c1C. The highest BCUT2D eigenvalue weighted by atomic mass is 16.2. The average molecular weight is 395 g/mol. The molecule has 2 N–H and O–H groups in total. The first-order chi connectivity index (χ1) is 14.0. The number of nitrogens with zero attached hydrogens (tertiary/aromatic N) is 2. The highest BCUT2D eigenvalue weighted by Gasteiger charge is 2.19. The number of carbonyl (C=O) groups is 2. The van der Waals surface area contributed by atoms with E-state index in [2.05, 4.69) is 52.5 Å². The van der Waals surface area contributed by atoms with Crippen LogP contribution in [0.4, 0.5) is 10.5 Å². The summed E-state index contributed by atoms with van der Waals surface area (Å²) in [5.41, 5.74) is 4.95. The first-order valence-electron chi connectivity index (χ1n) is 10.2. The quantitative estimate of drug-likeness (QED) is 0.791. The number of rotatable bonds is 6. The Hall–Kier alpha value is -2.86. The number of hydrogen-bond acceptors (Lipinski definition) is 4. The fraction of sp³-hybridized carbons (Fsp3) is 0.391. The number of anilines is 1. The lowest BCUT2D eigenvalue weighted by Gasteiger charge is -2.37. The molecule has 1 aliphatic rings. The summed E-state index contributed by atoms with van der Waals surface area (Å²) in [7, 11) is 0. The lowest BCUT2D eigenvalue weighted by molar-refractivity contribution is -0.120. The van der Waals surface area contributed by atoms with E-state index in [1.807, 2.05) is 30.3 Å². The van der Waals surface area contributed by atoms with Gasteiger partial charge in [0.05, 0.1) is 0 Å². The molecule has 2 aromatic carbocycles. The minimum Gasteiger partial charge on any atom is -0.369 e. The van der Waals surface area contributed by atoms with Crippen molar-refractivity contribution in [1.29, 1.82) is 0 Å². The molecule has 1 fully saturated rings. The van der Waals surface area contributed by atoms with Crippen LogP contribution in [0.5, 0.6) is 0 Å². The second-order valence-corrected chi connectivity index (χ2v) is 7.51. The number of nitrogens with one attached hydrogen (secondary N) is 2. The van der Waals surface area contributed by atoms with Gasteiger partial charge in [-0.3, -0.25) is 15.0 Å². The van der Waals surface area contributed by atoms with Crippen molar-refractivity contribution >= 4 is 17.6 Å². The van der Waals surface area contributed by atoms with Crippen LogP contribution in [0.2, 0.25) is 0 Å². The monoisotopic (exact) mass is 394 g/mol. The topological polar surface area (TPSA) is 64.7 Å². The summed E-state index contributed by atoms with van der Waals surface area (Å²) in [5.74, 6) is -0.243. The molecule has 0 aromatic heterocycles. The number of imide groups is 1. The van der Waals surface area contributed by atoms with Crippen molar-refractivity contribution in [3.05, 3.63) is 65.2 Å². The standard InChI is InChI=1S/C23H30N4O2/c1-18-7-6-10-21(19(18)2)27-15-13-26(14-16-27)12-11-22(28)25-23(29)24-17-20-8-4-3-5-9-20/h3-10H,11-17H2,1-2H3,(H2,24,25,28,29). The summed E-state index contributed by atoms with van der Waals surface area (Å²) in [4.78, 5) is 28.6. The summed E-state index contributed by atoms with van der Waals surface area (Å²) in [6.45, 7) is 9.11. The van der Waals surface area contributed by atoms with Gasteiger partial charge in [-0.15, -0.1) is 0 Å². The zero-order chi connectivity index (χ0) is 20.6. The predicted octanol–water partition coefficient (Wildman–Crippen LogP) is 2.84. The molecule has 0 radical (unpaired) electrons. The van der Waals surface area contributed by atoms with Crippen LogP contribution < -0.4 is 15.5 Å². The van der Waals surface area contributed by atoms with Crippen molar-refractivity contribution in [2.75, 3.05) is 37.6 Å². The molecule has 0 unspecified atom stereocenters. The van der Waals surface area contributed by atoms with Gasteiger partial charge in [-0.05, 0) is 36.6 Å². The van der Waals surface area contributed by atoms with Gasteiger partial charge in [0.2, 0.25) is 5.91 Å². The van der Waals surface area contributed by atoms with E-state index in [9.17, 15) is 9.59 Å². The van der Waals surface area contributed by atoms with Crippen LogP contribution in [0.15, 0.2) is 48.5 Å². The van der Waals surface area contributed by atoms with Gasteiger partial charge in [0, 0.05) is 51.4 Å². The van der Waals surface area contributed by atoms with E-state index in [4.69, 9.17) is 0 Å². The number of urea groups is 1. The first-order valence-corrected chi connectivity index (χ1v) is 10.2. The van der Waals surface area contributed by atoms with Gasteiger partial charge in [0.1, 0.15) is 0 Å². The molecular formula is C23H30N4O2. The number of amides is 3. The Morgan fingerprint density at radius 3 is 2.38 bits per heavy atom. The molecule has 1 aliphatic heterocycles. The molecule has 0 saturated carbocycles. The molecule has 1 heterocycles. The molecule has 0 aliphatic carbocycles. The molecule has 3 amide bonds. The van der Waals surface area contributed by atoms with Gasteiger partial charge in [-0.2, -0.15) is 0 Å². The van der Waals surface area contributed by atoms with Crippen LogP contribution in [0.1, 0.15) is 23.1 Å². The van der Waals surface area contributed by atoms with Gasteiger partial charge in [-0.1, -0.05) is 42.5 Å². The van der Waals surface area contributed by atoms with E-state index in [1.165, 1.54) is 16.8 Å². The van der Waals surface area contributed by atoms with Crippen molar-refractivity contribution in [3.63, 3.8) is 0 Å². The van der Waals surface area contributed by atoms with Crippen LogP contribution in [0.25, 0.3) is 0 Å². The van der Waals surface area contributed by atoms with Crippen LogP contribution in [-0.2, 0) is 11.3 Å². The number of carbonyl (C=O) groups excluding carboxylic acids is 2.